The molecule has 0 radical (unpaired) electrons. The van der Waals surface area contributed by atoms with Crippen molar-refractivity contribution in [2.24, 2.45) is 0 Å². The number of aryl methyl sites for hydroxylation is 1. The Labute approximate surface area is 100 Å². The summed E-state index contributed by atoms with van der Waals surface area (Å²) in [7, 11) is 1.91. The molecule has 0 N–H and O–H groups in total. The van der Waals surface area contributed by atoms with Crippen molar-refractivity contribution in [3.05, 3.63) is 47.9 Å². The zero-order valence-electron chi connectivity index (χ0n) is 10.0. The smallest absolute Gasteiger partial charge is 0.144 e. The van der Waals surface area contributed by atoms with E-state index in [-0.39, 0.29) is 0 Å². The molecule has 2 aromatic rings. The molecule has 0 aliphatic rings. The molecule has 3 nitrogen and oxygen atoms in total. The fourth-order valence-electron chi connectivity index (χ4n) is 1.84. The Morgan fingerprint density at radius 3 is 2.82 bits per heavy atom. The summed E-state index contributed by atoms with van der Waals surface area (Å²) in [5.41, 5.74) is 2.07. The predicted molar refractivity (Wildman–Crippen MR) is 67.6 cm³/mol. The quantitative estimate of drug-likeness (QED) is 0.597. The number of carbonyl (C=O) groups excluding carboxylic acids is 1. The Morgan fingerprint density at radius 1 is 1.35 bits per heavy atom. The Bertz CT molecular complexity index is 554. The number of allylic oxidation sites excluding steroid dienone is 1. The zero-order valence-corrected chi connectivity index (χ0v) is 10.0. The molecule has 0 amide bonds. The van der Waals surface area contributed by atoms with E-state index in [0.717, 1.165) is 28.6 Å². The van der Waals surface area contributed by atoms with Crippen molar-refractivity contribution in [2.45, 2.75) is 13.5 Å². The first-order valence-corrected chi connectivity index (χ1v) is 5.51. The predicted octanol–water partition coefficient (Wildman–Crippen LogP) is 2.89. The molecule has 1 aromatic carbocycles. The molecule has 1 aromatic heterocycles. The van der Waals surface area contributed by atoms with Gasteiger partial charge in [0.1, 0.15) is 17.6 Å². The average molecular weight is 229 g/mol. The molecule has 1 heterocycles. The molecule has 0 saturated carbocycles. The van der Waals surface area contributed by atoms with Gasteiger partial charge in [-0.1, -0.05) is 18.2 Å². The lowest BCUT2D eigenvalue weighted by molar-refractivity contribution is -0.104. The zero-order chi connectivity index (χ0) is 12.3. The second-order valence-corrected chi connectivity index (χ2v) is 4.04. The maximum absolute atomic E-state index is 10.2. The van der Waals surface area contributed by atoms with Gasteiger partial charge in [0.25, 0.3) is 0 Å². The fourth-order valence-corrected chi connectivity index (χ4v) is 1.84. The second-order valence-electron chi connectivity index (χ2n) is 4.04. The third kappa shape index (κ3) is 2.38. The molecular weight excluding hydrogens is 214 g/mol. The van der Waals surface area contributed by atoms with E-state index in [1.165, 1.54) is 6.08 Å². The van der Waals surface area contributed by atoms with E-state index in [2.05, 4.69) is 13.0 Å². The summed E-state index contributed by atoms with van der Waals surface area (Å²) < 4.78 is 5.79. The van der Waals surface area contributed by atoms with Crippen LogP contribution in [0.2, 0.25) is 0 Å². The minimum absolute atomic E-state index is 0.658. The third-order valence-corrected chi connectivity index (χ3v) is 2.75. The van der Waals surface area contributed by atoms with Gasteiger partial charge in [-0.05, 0) is 19.1 Å². The first kappa shape index (κ1) is 11.5. The number of hydrogen-bond donors (Lipinski definition) is 0. The number of aldehydes is 1. The topological polar surface area (TPSA) is 33.5 Å². The van der Waals surface area contributed by atoms with Crippen LogP contribution in [-0.2, 0) is 11.3 Å². The number of fused-ring (bicyclic) bond motifs is 1. The first-order valence-electron chi connectivity index (χ1n) is 5.51. The second kappa shape index (κ2) is 4.87. The SMILES string of the molecule is Cc1c(CN(C)C=CC=O)oc2ccccc12. The summed E-state index contributed by atoms with van der Waals surface area (Å²) in [6.07, 6.45) is 3.97. The van der Waals surface area contributed by atoms with Crippen molar-refractivity contribution in [1.82, 2.24) is 4.90 Å². The summed E-state index contributed by atoms with van der Waals surface area (Å²) >= 11 is 0. The summed E-state index contributed by atoms with van der Waals surface area (Å²) in [5.74, 6) is 0.934. The van der Waals surface area contributed by atoms with Gasteiger partial charge in [-0.25, -0.2) is 0 Å². The highest BCUT2D eigenvalue weighted by Gasteiger charge is 2.10. The summed E-state index contributed by atoms with van der Waals surface area (Å²) in [6.45, 7) is 2.71. The fraction of sp³-hybridized carbons (Fsp3) is 0.214. The third-order valence-electron chi connectivity index (χ3n) is 2.75. The summed E-state index contributed by atoms with van der Waals surface area (Å²) in [4.78, 5) is 12.1. The van der Waals surface area contributed by atoms with Crippen LogP contribution >= 0.6 is 0 Å². The minimum Gasteiger partial charge on any atom is -0.459 e. The molecule has 0 fully saturated rings. The van der Waals surface area contributed by atoms with Crippen molar-refractivity contribution in [3.63, 3.8) is 0 Å². The lowest BCUT2D eigenvalue weighted by atomic mass is 10.1. The molecule has 17 heavy (non-hydrogen) atoms. The highest BCUT2D eigenvalue weighted by molar-refractivity contribution is 5.81. The molecule has 3 heteroatoms. The van der Waals surface area contributed by atoms with E-state index in [0.29, 0.717) is 6.54 Å². The van der Waals surface area contributed by atoms with Crippen LogP contribution < -0.4 is 0 Å². The van der Waals surface area contributed by atoms with Crippen molar-refractivity contribution in [1.29, 1.82) is 0 Å². The van der Waals surface area contributed by atoms with E-state index in [9.17, 15) is 4.79 Å². The molecule has 88 valence electrons. The van der Waals surface area contributed by atoms with Crippen molar-refractivity contribution < 1.29 is 9.21 Å². The lowest BCUT2D eigenvalue weighted by Gasteiger charge is -2.11. The van der Waals surface area contributed by atoms with Crippen LogP contribution in [0.1, 0.15) is 11.3 Å². The van der Waals surface area contributed by atoms with Gasteiger partial charge >= 0.3 is 0 Å². The van der Waals surface area contributed by atoms with Crippen LogP contribution in [0.25, 0.3) is 11.0 Å². The Balaban J connectivity index is 2.27. The Morgan fingerprint density at radius 2 is 2.12 bits per heavy atom. The van der Waals surface area contributed by atoms with Gasteiger partial charge in [0, 0.05) is 24.2 Å². The molecule has 2 rings (SSSR count). The number of hydrogen-bond acceptors (Lipinski definition) is 3. The molecule has 0 aliphatic carbocycles. The van der Waals surface area contributed by atoms with Gasteiger partial charge in [-0.15, -0.1) is 0 Å². The van der Waals surface area contributed by atoms with Crippen LogP contribution in [0.15, 0.2) is 41.0 Å². The van der Waals surface area contributed by atoms with Gasteiger partial charge in [0.05, 0.1) is 6.54 Å². The Hall–Kier alpha value is -2.03. The van der Waals surface area contributed by atoms with Gasteiger partial charge in [-0.3, -0.25) is 4.79 Å². The monoisotopic (exact) mass is 229 g/mol. The number of furan rings is 1. The molecule has 0 aliphatic heterocycles. The summed E-state index contributed by atoms with van der Waals surface area (Å²) in [6, 6.07) is 7.99. The molecule has 0 spiro atoms. The van der Waals surface area contributed by atoms with Crippen LogP contribution in [0, 0.1) is 6.92 Å². The maximum atomic E-state index is 10.2. The number of carbonyl (C=O) groups is 1. The van der Waals surface area contributed by atoms with Gasteiger partial charge < -0.3 is 9.32 Å². The van der Waals surface area contributed by atoms with E-state index in [1.54, 1.807) is 6.20 Å². The molecule has 0 bridgehead atoms. The van der Waals surface area contributed by atoms with Gasteiger partial charge in [-0.2, -0.15) is 0 Å². The number of benzene rings is 1. The Kier molecular flexibility index (Phi) is 3.28. The summed E-state index contributed by atoms with van der Waals surface area (Å²) in [5, 5.41) is 1.15. The van der Waals surface area contributed by atoms with Crippen molar-refractivity contribution in [3.8, 4) is 0 Å². The molecular formula is C14H15NO2. The maximum Gasteiger partial charge on any atom is 0.144 e. The van der Waals surface area contributed by atoms with Crippen LogP contribution in [0.5, 0.6) is 0 Å². The van der Waals surface area contributed by atoms with Crippen molar-refractivity contribution in [2.75, 3.05) is 7.05 Å². The number of rotatable bonds is 4. The lowest BCUT2D eigenvalue weighted by Crippen LogP contribution is -2.10. The van der Waals surface area contributed by atoms with Crippen LogP contribution in [-0.4, -0.2) is 18.2 Å². The van der Waals surface area contributed by atoms with Crippen LogP contribution in [0.4, 0.5) is 0 Å². The van der Waals surface area contributed by atoms with E-state index < -0.39 is 0 Å². The van der Waals surface area contributed by atoms with Gasteiger partial charge in [0.15, 0.2) is 0 Å². The van der Waals surface area contributed by atoms with E-state index >= 15 is 0 Å². The molecule has 0 unspecified atom stereocenters. The number of nitrogens with zero attached hydrogens (tertiary/aromatic N) is 1. The first-order chi connectivity index (χ1) is 8.22. The standard InChI is InChI=1S/C14H15NO2/c1-11-12-6-3-4-7-13(12)17-14(11)10-15(2)8-5-9-16/h3-9H,10H2,1-2H3. The largest absolute Gasteiger partial charge is 0.459 e. The van der Waals surface area contributed by atoms with Crippen molar-refractivity contribution >= 4 is 17.3 Å². The highest BCUT2D eigenvalue weighted by Crippen LogP contribution is 2.25. The average Bonchev–Trinajstić information content (AvgIpc) is 2.64. The normalized spacial score (nSPS) is 11.2. The van der Waals surface area contributed by atoms with Crippen LogP contribution in [0.3, 0.4) is 0 Å². The van der Waals surface area contributed by atoms with E-state index in [1.807, 2.05) is 30.1 Å². The molecule has 0 saturated heterocycles. The molecule has 0 atom stereocenters. The van der Waals surface area contributed by atoms with E-state index in [4.69, 9.17) is 4.42 Å². The highest BCUT2D eigenvalue weighted by atomic mass is 16.3. The van der Waals surface area contributed by atoms with Gasteiger partial charge in [0.2, 0.25) is 0 Å². The minimum atomic E-state index is 0.658. The number of para-hydroxylation sites is 1.